The second-order valence-corrected chi connectivity index (χ2v) is 13.0. The number of benzene rings is 3. The topological polar surface area (TPSA) is 135 Å². The van der Waals surface area contributed by atoms with Crippen LogP contribution in [-0.4, -0.2) is 70.8 Å². The van der Waals surface area contributed by atoms with Crippen molar-refractivity contribution in [2.75, 3.05) is 25.5 Å². The Morgan fingerprint density at radius 1 is 0.936 bits per heavy atom. The van der Waals surface area contributed by atoms with Crippen LogP contribution in [0.5, 0.6) is 0 Å². The zero-order valence-corrected chi connectivity index (χ0v) is 28.3. The van der Waals surface area contributed by atoms with Crippen molar-refractivity contribution in [1.82, 2.24) is 20.5 Å². The van der Waals surface area contributed by atoms with Crippen LogP contribution in [0.2, 0.25) is 0 Å². The fourth-order valence-corrected chi connectivity index (χ4v) is 5.94. The smallest absolute Gasteiger partial charge is 0.411 e. The first-order valence-electron chi connectivity index (χ1n) is 15.5. The van der Waals surface area contributed by atoms with Gasteiger partial charge in [0.05, 0.1) is 18.7 Å². The summed E-state index contributed by atoms with van der Waals surface area (Å²) in [6.45, 7) is 6.93. The van der Waals surface area contributed by atoms with E-state index in [4.69, 9.17) is 0 Å². The summed E-state index contributed by atoms with van der Waals surface area (Å²) in [5.41, 5.74) is 5.01. The number of hydrogen-bond donors (Lipinski definition) is 4. The van der Waals surface area contributed by atoms with E-state index in [2.05, 4.69) is 15.6 Å². The Morgan fingerprint density at radius 3 is 2.32 bits per heavy atom. The lowest BCUT2D eigenvalue weighted by atomic mass is 9.99. The number of thiazole rings is 1. The molecule has 10 nitrogen and oxygen atoms in total. The minimum absolute atomic E-state index is 0.174. The van der Waals surface area contributed by atoms with Crippen LogP contribution >= 0.6 is 11.3 Å². The van der Waals surface area contributed by atoms with Crippen molar-refractivity contribution in [3.05, 3.63) is 117 Å². The minimum Gasteiger partial charge on any atom is -0.465 e. The molecule has 0 bridgehead atoms. The van der Waals surface area contributed by atoms with Gasteiger partial charge in [0.25, 0.3) is 11.8 Å². The fourth-order valence-electron chi connectivity index (χ4n) is 5.11. The highest BCUT2D eigenvalue weighted by molar-refractivity contribution is 7.09. The number of carbonyl (C=O) groups excluding carboxylic acids is 2. The number of hydrogen-bond acceptors (Lipinski definition) is 7. The molecule has 0 aliphatic carbocycles. The molecule has 0 unspecified atom stereocenters. The number of carbonyl (C=O) groups is 3. The molecule has 3 aromatic carbocycles. The molecule has 4 rings (SSSR count). The molecule has 47 heavy (non-hydrogen) atoms. The zero-order valence-electron chi connectivity index (χ0n) is 27.4. The molecule has 0 fully saturated rings. The Labute approximate surface area is 280 Å². The molecule has 0 aliphatic heterocycles. The molecule has 2 atom stereocenters. The monoisotopic (exact) mass is 657 g/mol. The number of nitrogens with zero attached hydrogens (tertiary/aromatic N) is 3. The average molecular weight is 658 g/mol. The maximum atomic E-state index is 13.5. The van der Waals surface area contributed by atoms with Gasteiger partial charge < -0.3 is 25.7 Å². The Balaban J connectivity index is 1.45. The summed E-state index contributed by atoms with van der Waals surface area (Å²) in [7, 11) is 3.21. The van der Waals surface area contributed by atoms with Crippen LogP contribution in [0.1, 0.15) is 67.9 Å². The number of rotatable bonds is 14. The van der Waals surface area contributed by atoms with Gasteiger partial charge in [0.1, 0.15) is 5.01 Å². The van der Waals surface area contributed by atoms with E-state index in [1.165, 1.54) is 23.3 Å². The lowest BCUT2D eigenvalue weighted by Gasteiger charge is -2.25. The van der Waals surface area contributed by atoms with Gasteiger partial charge in [-0.15, -0.1) is 11.3 Å². The summed E-state index contributed by atoms with van der Waals surface area (Å²) in [5, 5.41) is 29.9. The average Bonchev–Trinajstić information content (AvgIpc) is 3.47. The Kier molecular flexibility index (Phi) is 12.2. The molecular weight excluding hydrogens is 614 g/mol. The first-order valence-corrected chi connectivity index (χ1v) is 16.4. The predicted octanol–water partition coefficient (Wildman–Crippen LogP) is 5.45. The third kappa shape index (κ3) is 9.95. The molecular formula is C36H43N5O5S. The largest absolute Gasteiger partial charge is 0.465 e. The van der Waals surface area contributed by atoms with Crippen LogP contribution < -0.4 is 15.5 Å². The van der Waals surface area contributed by atoms with Gasteiger partial charge in [-0.25, -0.2) is 9.78 Å². The van der Waals surface area contributed by atoms with Crippen molar-refractivity contribution < 1.29 is 24.6 Å². The standard InChI is InChI=1S/C36H43N5O5S/c1-23(2)29-14-26(15-30(18-29)41(5)36(45)46)19-37-20-32(42)31(16-25-10-7-6-8-11-25)39-34(43)27-12-9-13-28(17-27)35(44)40(4)21-33-38-24(3)22-47-33/h6-15,17-18,22-23,31-32,37,42H,16,19-21H2,1-5H3,(H,39,43)(H,45,46)/t31-,32+/m0/s1. The van der Waals surface area contributed by atoms with E-state index in [0.29, 0.717) is 36.3 Å². The summed E-state index contributed by atoms with van der Waals surface area (Å²) >= 11 is 1.50. The second-order valence-electron chi connectivity index (χ2n) is 12.0. The highest BCUT2D eigenvalue weighted by Crippen LogP contribution is 2.24. The second kappa shape index (κ2) is 16.3. The quantitative estimate of drug-likeness (QED) is 0.142. The SMILES string of the molecule is Cc1csc(CN(C)C(=O)c2cccc(C(=O)N[C@@H](Cc3ccccc3)[C@H](O)CNCc3cc(C(C)C)cc(N(C)C(=O)O)c3)c2)n1. The third-order valence-electron chi connectivity index (χ3n) is 7.86. The van der Waals surface area contributed by atoms with Crippen molar-refractivity contribution in [3.63, 3.8) is 0 Å². The van der Waals surface area contributed by atoms with E-state index in [-0.39, 0.29) is 18.4 Å². The number of anilines is 1. The predicted molar refractivity (Wildman–Crippen MR) is 185 cm³/mol. The van der Waals surface area contributed by atoms with E-state index >= 15 is 0 Å². The molecule has 1 heterocycles. The Morgan fingerprint density at radius 2 is 1.66 bits per heavy atom. The first-order chi connectivity index (χ1) is 22.4. The number of amides is 3. The van der Waals surface area contributed by atoms with Crippen LogP contribution in [0, 0.1) is 6.92 Å². The van der Waals surface area contributed by atoms with Crippen LogP contribution in [0.4, 0.5) is 10.5 Å². The number of aliphatic hydroxyl groups is 1. The summed E-state index contributed by atoms with van der Waals surface area (Å²) < 4.78 is 0. The molecule has 0 saturated heterocycles. The number of aromatic nitrogens is 1. The highest BCUT2D eigenvalue weighted by atomic mass is 32.1. The highest BCUT2D eigenvalue weighted by Gasteiger charge is 2.24. The van der Waals surface area contributed by atoms with Gasteiger partial charge in [0.15, 0.2) is 0 Å². The van der Waals surface area contributed by atoms with Crippen LogP contribution in [0.3, 0.4) is 0 Å². The van der Waals surface area contributed by atoms with Gasteiger partial charge in [-0.2, -0.15) is 0 Å². The van der Waals surface area contributed by atoms with Crippen molar-refractivity contribution in [1.29, 1.82) is 0 Å². The van der Waals surface area contributed by atoms with Gasteiger partial charge in [0, 0.05) is 55.1 Å². The Hall–Kier alpha value is -4.58. The normalized spacial score (nSPS) is 12.4. The number of nitrogens with one attached hydrogen (secondary N) is 2. The molecule has 248 valence electrons. The molecule has 1 aromatic heterocycles. The molecule has 0 spiro atoms. The molecule has 3 amide bonds. The van der Waals surface area contributed by atoms with E-state index in [1.54, 1.807) is 36.2 Å². The lowest BCUT2D eigenvalue weighted by molar-refractivity contribution is 0.0784. The van der Waals surface area contributed by atoms with E-state index < -0.39 is 24.1 Å². The van der Waals surface area contributed by atoms with Crippen LogP contribution in [-0.2, 0) is 19.5 Å². The minimum atomic E-state index is -1.05. The van der Waals surface area contributed by atoms with Gasteiger partial charge in [-0.05, 0) is 66.3 Å². The summed E-state index contributed by atoms with van der Waals surface area (Å²) in [6.07, 6.45) is -1.61. The molecule has 4 aromatic rings. The molecule has 0 aliphatic rings. The van der Waals surface area contributed by atoms with Crippen LogP contribution in [0.15, 0.2) is 78.2 Å². The fraction of sp³-hybridized carbons (Fsp3) is 0.333. The van der Waals surface area contributed by atoms with Crippen molar-refractivity contribution in [2.45, 2.75) is 58.3 Å². The van der Waals surface area contributed by atoms with E-state index in [9.17, 15) is 24.6 Å². The van der Waals surface area contributed by atoms with Crippen LogP contribution in [0.25, 0.3) is 0 Å². The Bertz CT molecular complexity index is 1680. The number of aliphatic hydroxyl groups excluding tert-OH is 1. The maximum absolute atomic E-state index is 13.5. The summed E-state index contributed by atoms with van der Waals surface area (Å²) in [4.78, 5) is 45.5. The van der Waals surface area contributed by atoms with E-state index in [0.717, 1.165) is 27.4 Å². The first kappa shape index (κ1) is 35.3. The number of carboxylic acid groups (broad SMARTS) is 1. The molecule has 0 saturated carbocycles. The molecule has 4 N–H and O–H groups in total. The summed E-state index contributed by atoms with van der Waals surface area (Å²) in [5.74, 6) is -0.427. The van der Waals surface area contributed by atoms with Gasteiger partial charge in [-0.3, -0.25) is 14.5 Å². The van der Waals surface area contributed by atoms with Gasteiger partial charge in [-0.1, -0.05) is 56.3 Å². The summed E-state index contributed by atoms with van der Waals surface area (Å²) in [6, 6.07) is 21.2. The zero-order chi connectivity index (χ0) is 34.1. The lowest BCUT2D eigenvalue weighted by Crippen LogP contribution is -2.48. The van der Waals surface area contributed by atoms with E-state index in [1.807, 2.05) is 74.7 Å². The molecule has 0 radical (unpaired) electrons. The third-order valence-corrected chi connectivity index (χ3v) is 8.81. The maximum Gasteiger partial charge on any atom is 0.411 e. The van der Waals surface area contributed by atoms with Gasteiger partial charge >= 0.3 is 6.09 Å². The van der Waals surface area contributed by atoms with Crippen molar-refractivity contribution in [3.8, 4) is 0 Å². The van der Waals surface area contributed by atoms with Crippen molar-refractivity contribution in [2.24, 2.45) is 0 Å². The van der Waals surface area contributed by atoms with Gasteiger partial charge in [0.2, 0.25) is 0 Å². The molecule has 11 heteroatoms. The van der Waals surface area contributed by atoms with Crippen molar-refractivity contribution >= 4 is 34.9 Å². The number of aryl methyl sites for hydroxylation is 1.